The number of nitrogens with zero attached hydrogens (tertiary/aromatic N) is 3. The molecule has 1 aromatic rings. The predicted octanol–water partition coefficient (Wildman–Crippen LogP) is 2.22. The van der Waals surface area contributed by atoms with E-state index in [1.807, 2.05) is 27.7 Å². The maximum Gasteiger partial charge on any atom is 0.521 e. The van der Waals surface area contributed by atoms with E-state index in [1.165, 1.54) is 11.1 Å². The highest BCUT2D eigenvalue weighted by molar-refractivity contribution is 6.61. The molecule has 0 bridgehead atoms. The first-order valence-corrected chi connectivity index (χ1v) is 7.78. The lowest BCUT2D eigenvalue weighted by Gasteiger charge is -2.32. The maximum atomic E-state index is 14.7. The Balaban J connectivity index is 1.83. The summed E-state index contributed by atoms with van der Waals surface area (Å²) in [6, 6.07) is 0.113. The van der Waals surface area contributed by atoms with E-state index in [0.29, 0.717) is 0 Å². The summed E-state index contributed by atoms with van der Waals surface area (Å²) in [5, 5.41) is 8.00. The molecule has 7 heteroatoms. The van der Waals surface area contributed by atoms with E-state index in [4.69, 9.17) is 9.31 Å². The topological polar surface area (TPSA) is 49.2 Å². The molecule has 1 saturated heterocycles. The quantitative estimate of drug-likeness (QED) is 0.785. The highest BCUT2D eigenvalue weighted by atomic mass is 19.1. The minimum atomic E-state index is -0.785. The normalized spacial score (nSPS) is 25.5. The predicted molar refractivity (Wildman–Crippen MR) is 77.8 cm³/mol. The second-order valence-corrected chi connectivity index (χ2v) is 7.09. The average molecular weight is 295 g/mol. The van der Waals surface area contributed by atoms with Gasteiger partial charge in [-0.05, 0) is 40.5 Å². The summed E-state index contributed by atoms with van der Waals surface area (Å²) >= 11 is 0. The van der Waals surface area contributed by atoms with Crippen LogP contribution in [0.25, 0.3) is 0 Å². The molecule has 1 saturated carbocycles. The zero-order valence-corrected chi connectivity index (χ0v) is 13.2. The summed E-state index contributed by atoms with van der Waals surface area (Å²) in [5.41, 5.74) is -0.837. The Morgan fingerprint density at radius 1 is 1.10 bits per heavy atom. The van der Waals surface area contributed by atoms with Gasteiger partial charge in [-0.3, -0.25) is 0 Å². The van der Waals surface area contributed by atoms with E-state index in [2.05, 4.69) is 10.3 Å². The lowest BCUT2D eigenvalue weighted by molar-refractivity contribution is 0.00578. The Labute approximate surface area is 125 Å². The first kappa shape index (κ1) is 15.0. The van der Waals surface area contributed by atoms with Crippen molar-refractivity contribution < 1.29 is 13.7 Å². The number of rotatable bonds is 2. The average Bonchev–Trinajstić information content (AvgIpc) is 2.89. The van der Waals surface area contributed by atoms with Crippen LogP contribution in [0.4, 0.5) is 4.39 Å². The number of aromatic nitrogens is 3. The molecular formula is C14H23BFN3O2. The van der Waals surface area contributed by atoms with Gasteiger partial charge in [0, 0.05) is 0 Å². The van der Waals surface area contributed by atoms with E-state index in [0.717, 1.165) is 25.7 Å². The fraction of sp³-hybridized carbons (Fsp3) is 0.857. The van der Waals surface area contributed by atoms with E-state index in [-0.39, 0.29) is 11.6 Å². The van der Waals surface area contributed by atoms with Gasteiger partial charge in [-0.15, -0.1) is 5.10 Å². The van der Waals surface area contributed by atoms with Crippen LogP contribution in [0.3, 0.4) is 0 Å². The molecule has 21 heavy (non-hydrogen) atoms. The molecule has 0 atom stereocenters. The van der Waals surface area contributed by atoms with Crippen LogP contribution in [0.2, 0.25) is 0 Å². The second-order valence-electron chi connectivity index (χ2n) is 7.09. The fourth-order valence-electron chi connectivity index (χ4n) is 2.95. The van der Waals surface area contributed by atoms with Crippen molar-refractivity contribution in [2.45, 2.75) is 77.0 Å². The van der Waals surface area contributed by atoms with Gasteiger partial charge in [0.05, 0.1) is 17.2 Å². The van der Waals surface area contributed by atoms with Gasteiger partial charge in [-0.25, -0.2) is 4.68 Å². The van der Waals surface area contributed by atoms with E-state index in [9.17, 15) is 4.39 Å². The maximum absolute atomic E-state index is 14.7. The lowest BCUT2D eigenvalue weighted by Crippen LogP contribution is -2.41. The van der Waals surface area contributed by atoms with E-state index < -0.39 is 24.3 Å². The van der Waals surface area contributed by atoms with Crippen molar-refractivity contribution in [2.75, 3.05) is 0 Å². The smallest absolute Gasteiger partial charge is 0.398 e. The molecule has 116 valence electrons. The third-order valence-electron chi connectivity index (χ3n) is 5.06. The first-order valence-electron chi connectivity index (χ1n) is 7.78. The minimum Gasteiger partial charge on any atom is -0.398 e. The highest BCUT2D eigenvalue weighted by Crippen LogP contribution is 2.36. The lowest BCUT2D eigenvalue weighted by atomic mass is 9.85. The summed E-state index contributed by atoms with van der Waals surface area (Å²) in [5.74, 6) is -0.416. The van der Waals surface area contributed by atoms with Crippen molar-refractivity contribution in [3.05, 3.63) is 5.95 Å². The molecule has 2 aliphatic rings. The van der Waals surface area contributed by atoms with Crippen LogP contribution in [0.5, 0.6) is 0 Å². The molecule has 2 heterocycles. The van der Waals surface area contributed by atoms with Gasteiger partial charge >= 0.3 is 7.12 Å². The molecule has 1 aliphatic heterocycles. The molecular weight excluding hydrogens is 272 g/mol. The van der Waals surface area contributed by atoms with Crippen LogP contribution in [0, 0.1) is 5.95 Å². The van der Waals surface area contributed by atoms with Crippen LogP contribution < -0.4 is 5.59 Å². The molecule has 0 N–H and O–H groups in total. The molecule has 0 amide bonds. The van der Waals surface area contributed by atoms with Crippen molar-refractivity contribution in [3.8, 4) is 0 Å². The van der Waals surface area contributed by atoms with Gasteiger partial charge < -0.3 is 9.31 Å². The van der Waals surface area contributed by atoms with Crippen molar-refractivity contribution >= 4 is 12.7 Å². The van der Waals surface area contributed by atoms with Crippen LogP contribution in [-0.4, -0.2) is 33.3 Å². The molecule has 2 fully saturated rings. The molecule has 0 radical (unpaired) electrons. The second kappa shape index (κ2) is 5.05. The highest BCUT2D eigenvalue weighted by Gasteiger charge is 2.54. The van der Waals surface area contributed by atoms with E-state index >= 15 is 0 Å². The largest absolute Gasteiger partial charge is 0.521 e. The van der Waals surface area contributed by atoms with Gasteiger partial charge in [0.1, 0.15) is 0 Å². The standard InChI is InChI=1S/C14H23BFN3O2/c1-13(2)14(3,4)21-15(20-13)11-12(16)19(18-17-11)10-8-6-5-7-9-10/h10H,5-9H2,1-4H3. The van der Waals surface area contributed by atoms with E-state index in [1.54, 1.807) is 0 Å². The molecule has 0 unspecified atom stereocenters. The molecule has 0 spiro atoms. The molecule has 3 rings (SSSR count). The Morgan fingerprint density at radius 3 is 2.24 bits per heavy atom. The van der Waals surface area contributed by atoms with Gasteiger partial charge in [0.15, 0.2) is 5.59 Å². The number of hydrogen-bond acceptors (Lipinski definition) is 4. The zero-order valence-electron chi connectivity index (χ0n) is 13.2. The Morgan fingerprint density at radius 2 is 1.67 bits per heavy atom. The summed E-state index contributed by atoms with van der Waals surface area (Å²) < 4.78 is 27.8. The Kier molecular flexibility index (Phi) is 3.60. The van der Waals surface area contributed by atoms with Crippen molar-refractivity contribution in [2.24, 2.45) is 0 Å². The summed E-state index contributed by atoms with van der Waals surface area (Å²) in [6.07, 6.45) is 5.38. The Hall–Kier alpha value is -0.945. The monoisotopic (exact) mass is 295 g/mol. The van der Waals surface area contributed by atoms with Gasteiger partial charge in [0.2, 0.25) is 5.95 Å². The van der Waals surface area contributed by atoms with Crippen LogP contribution in [0.15, 0.2) is 0 Å². The minimum absolute atomic E-state index is 0.113. The van der Waals surface area contributed by atoms with Crippen LogP contribution in [-0.2, 0) is 9.31 Å². The summed E-state index contributed by atoms with van der Waals surface area (Å²) in [7, 11) is -0.785. The zero-order chi connectivity index (χ0) is 15.3. The molecule has 5 nitrogen and oxygen atoms in total. The van der Waals surface area contributed by atoms with Crippen LogP contribution >= 0.6 is 0 Å². The Bertz CT molecular complexity index is 510. The third-order valence-corrected chi connectivity index (χ3v) is 5.06. The molecule has 0 aromatic carbocycles. The molecule has 1 aliphatic carbocycles. The summed E-state index contributed by atoms with van der Waals surface area (Å²) in [4.78, 5) is 0. The van der Waals surface area contributed by atoms with Gasteiger partial charge in [0.25, 0.3) is 0 Å². The fourth-order valence-corrected chi connectivity index (χ4v) is 2.95. The number of halogens is 1. The van der Waals surface area contributed by atoms with Crippen LogP contribution in [0.1, 0.15) is 65.8 Å². The summed E-state index contributed by atoms with van der Waals surface area (Å²) in [6.45, 7) is 7.76. The SMILES string of the molecule is CC1(C)OB(c2nnn(C3CCCCC3)c2F)OC1(C)C. The van der Waals surface area contributed by atoms with Crippen molar-refractivity contribution in [3.63, 3.8) is 0 Å². The van der Waals surface area contributed by atoms with Gasteiger partial charge in [-0.2, -0.15) is 4.39 Å². The third kappa shape index (κ3) is 2.50. The number of hydrogen-bond donors (Lipinski definition) is 0. The molecule has 1 aromatic heterocycles. The first-order chi connectivity index (χ1) is 9.82. The van der Waals surface area contributed by atoms with Crippen molar-refractivity contribution in [1.29, 1.82) is 0 Å². The van der Waals surface area contributed by atoms with Crippen molar-refractivity contribution in [1.82, 2.24) is 15.0 Å². The van der Waals surface area contributed by atoms with Gasteiger partial charge in [-0.1, -0.05) is 24.5 Å².